The summed E-state index contributed by atoms with van der Waals surface area (Å²) < 4.78 is 10.2. The highest BCUT2D eigenvalue weighted by Crippen LogP contribution is 2.58. The Labute approximate surface area is 155 Å². The van der Waals surface area contributed by atoms with Crippen LogP contribution in [-0.2, 0) is 25.9 Å². The number of carbonyl (C=O) groups is 1. The van der Waals surface area contributed by atoms with E-state index in [-0.39, 0.29) is 5.97 Å². The zero-order valence-electron chi connectivity index (χ0n) is 14.0. The molecule has 3 nitrogen and oxygen atoms in total. The number of hydrogen-bond acceptors (Lipinski definition) is 4. The fraction of sp³-hybridized carbons (Fsp3) is 0.812. The van der Waals surface area contributed by atoms with Crippen molar-refractivity contribution in [3.63, 3.8) is 0 Å². The molecular weight excluding hydrogens is 374 g/mol. The zero-order chi connectivity index (χ0) is 17.6. The van der Waals surface area contributed by atoms with E-state index in [0.29, 0.717) is 18.8 Å². The van der Waals surface area contributed by atoms with Crippen molar-refractivity contribution in [1.82, 2.24) is 0 Å². The minimum Gasteiger partial charge on any atom is -0.462 e. The Morgan fingerprint density at radius 1 is 0.913 bits per heavy atom. The second-order valence-electron chi connectivity index (χ2n) is 5.70. The molecule has 0 aliphatic rings. The van der Waals surface area contributed by atoms with Crippen molar-refractivity contribution in [2.75, 3.05) is 13.2 Å². The van der Waals surface area contributed by atoms with E-state index in [2.05, 4.69) is 6.58 Å². The number of esters is 1. The molecule has 0 saturated heterocycles. The van der Waals surface area contributed by atoms with Gasteiger partial charge in [0.1, 0.15) is 0 Å². The number of halogens is 2. The van der Waals surface area contributed by atoms with Crippen LogP contribution in [0.1, 0.15) is 71.1 Å². The van der Waals surface area contributed by atoms with Gasteiger partial charge in [-0.25, -0.2) is 4.79 Å². The van der Waals surface area contributed by atoms with E-state index < -0.39 is 4.97 Å². The van der Waals surface area contributed by atoms with Gasteiger partial charge in [0.2, 0.25) is 4.97 Å². The third kappa shape index (κ3) is 18.6. The molecule has 0 radical (unpaired) electrons. The summed E-state index contributed by atoms with van der Waals surface area (Å²) in [5.41, 5.74) is 0.465. The first kappa shape index (κ1) is 23.4. The Bertz CT molecular complexity index is 386. The third-order valence-corrected chi connectivity index (χ3v) is 4.75. The van der Waals surface area contributed by atoms with Crippen LogP contribution in [0.3, 0.4) is 0 Å². The molecule has 136 valence electrons. The van der Waals surface area contributed by atoms with Crippen LogP contribution in [0.25, 0.3) is 0 Å². The minimum atomic E-state index is -2.51. The molecule has 0 unspecified atom stereocenters. The molecule has 0 aromatic heterocycles. The summed E-state index contributed by atoms with van der Waals surface area (Å²) in [7, 11) is 0. The van der Waals surface area contributed by atoms with E-state index in [1.165, 1.54) is 38.5 Å². The molecule has 0 aliphatic carbocycles. The van der Waals surface area contributed by atoms with Gasteiger partial charge < -0.3 is 9.26 Å². The van der Waals surface area contributed by atoms with Crippen LogP contribution in [-0.4, -0.2) is 19.2 Å². The Morgan fingerprint density at radius 2 is 1.30 bits per heavy atom. The highest BCUT2D eigenvalue weighted by molar-refractivity contribution is 8.36. The van der Waals surface area contributed by atoms with E-state index in [4.69, 9.17) is 43.5 Å². The van der Waals surface area contributed by atoms with Crippen LogP contribution in [0.15, 0.2) is 12.2 Å². The molecule has 0 fully saturated rings. The Morgan fingerprint density at radius 3 is 1.70 bits per heavy atom. The lowest BCUT2D eigenvalue weighted by Crippen LogP contribution is -2.05. The SMILES string of the molecule is C=C(C)C(=O)OCCCCCCCCCCCCOP(=S)(Cl)Cl. The highest BCUT2D eigenvalue weighted by Gasteiger charge is 2.07. The summed E-state index contributed by atoms with van der Waals surface area (Å²) in [5, 5.41) is 0. The maximum atomic E-state index is 11.1. The maximum absolute atomic E-state index is 11.1. The molecule has 0 aliphatic heterocycles. The van der Waals surface area contributed by atoms with Gasteiger partial charge >= 0.3 is 5.97 Å². The van der Waals surface area contributed by atoms with Gasteiger partial charge in [0, 0.05) is 5.57 Å². The van der Waals surface area contributed by atoms with Crippen molar-refractivity contribution < 1.29 is 14.1 Å². The number of ether oxygens (including phenoxy) is 1. The molecule has 0 atom stereocenters. The topological polar surface area (TPSA) is 35.5 Å². The standard InChI is InChI=1S/C16H29Cl2O3PS/c1-15(2)16(19)20-13-11-9-7-5-3-4-6-8-10-12-14-21-22(17,18)23/h1,3-14H2,2H3. The molecule has 0 heterocycles. The predicted octanol–water partition coefficient (Wildman–Crippen LogP) is 6.73. The summed E-state index contributed by atoms with van der Waals surface area (Å²) in [6, 6.07) is 0. The third-order valence-electron chi connectivity index (χ3n) is 3.36. The normalized spacial score (nSPS) is 11.4. The summed E-state index contributed by atoms with van der Waals surface area (Å²) in [4.78, 5) is 8.63. The zero-order valence-corrected chi connectivity index (χ0v) is 17.3. The molecule has 0 saturated carbocycles. The predicted molar refractivity (Wildman–Crippen MR) is 104 cm³/mol. The quantitative estimate of drug-likeness (QED) is 0.132. The van der Waals surface area contributed by atoms with Gasteiger partial charge in [-0.2, -0.15) is 0 Å². The smallest absolute Gasteiger partial charge is 0.333 e. The molecule has 0 bridgehead atoms. The molecule has 0 rings (SSSR count). The van der Waals surface area contributed by atoms with Gasteiger partial charge in [-0.05, 0) is 54.1 Å². The number of unbranched alkanes of at least 4 members (excludes halogenated alkanes) is 9. The van der Waals surface area contributed by atoms with E-state index in [0.717, 1.165) is 25.7 Å². The van der Waals surface area contributed by atoms with Gasteiger partial charge in [0.05, 0.1) is 13.2 Å². The second-order valence-corrected chi connectivity index (χ2v) is 12.9. The Balaban J connectivity index is 3.15. The van der Waals surface area contributed by atoms with Crippen molar-refractivity contribution in [1.29, 1.82) is 0 Å². The Kier molecular flexibility index (Phi) is 15.0. The Hall–Kier alpha value is 0.400. The highest BCUT2D eigenvalue weighted by atomic mass is 35.9. The minimum absolute atomic E-state index is 0.284. The first-order valence-corrected chi connectivity index (χ1v) is 12.8. The average Bonchev–Trinajstić information content (AvgIpc) is 2.46. The molecule has 7 heteroatoms. The van der Waals surface area contributed by atoms with Crippen LogP contribution in [0.2, 0.25) is 0 Å². The number of carbonyl (C=O) groups excluding carboxylic acids is 1. The molecule has 0 amide bonds. The first-order chi connectivity index (χ1) is 10.8. The monoisotopic (exact) mass is 402 g/mol. The van der Waals surface area contributed by atoms with Crippen LogP contribution < -0.4 is 0 Å². The van der Waals surface area contributed by atoms with E-state index in [1.807, 2.05) is 0 Å². The van der Waals surface area contributed by atoms with E-state index >= 15 is 0 Å². The number of hydrogen-bond donors (Lipinski definition) is 0. The molecule has 0 N–H and O–H groups in total. The fourth-order valence-electron chi connectivity index (χ4n) is 2.08. The van der Waals surface area contributed by atoms with Gasteiger partial charge in [-0.3, -0.25) is 0 Å². The number of rotatable bonds is 15. The summed E-state index contributed by atoms with van der Waals surface area (Å²) >= 11 is 16.1. The molecular formula is C16H29Cl2O3PS. The van der Waals surface area contributed by atoms with E-state index in [1.54, 1.807) is 6.92 Å². The van der Waals surface area contributed by atoms with Crippen molar-refractivity contribution in [2.45, 2.75) is 71.1 Å². The first-order valence-electron chi connectivity index (χ1n) is 8.29. The van der Waals surface area contributed by atoms with Crippen molar-refractivity contribution in [2.24, 2.45) is 0 Å². The summed E-state index contributed by atoms with van der Waals surface area (Å²) in [6.45, 7) is 6.29. The van der Waals surface area contributed by atoms with Crippen LogP contribution in [0, 0.1) is 0 Å². The molecule has 23 heavy (non-hydrogen) atoms. The van der Waals surface area contributed by atoms with Gasteiger partial charge in [-0.15, -0.1) is 0 Å². The average molecular weight is 403 g/mol. The maximum Gasteiger partial charge on any atom is 0.333 e. The fourth-order valence-corrected chi connectivity index (χ4v) is 3.06. The van der Waals surface area contributed by atoms with Crippen LogP contribution >= 0.6 is 27.5 Å². The van der Waals surface area contributed by atoms with Crippen molar-refractivity contribution in [3.8, 4) is 0 Å². The van der Waals surface area contributed by atoms with Gasteiger partial charge in [0.25, 0.3) is 0 Å². The summed E-state index contributed by atoms with van der Waals surface area (Å²) in [6.07, 6.45) is 11.6. The molecule has 0 spiro atoms. The molecule has 0 aromatic carbocycles. The lowest BCUT2D eigenvalue weighted by molar-refractivity contribution is -0.139. The van der Waals surface area contributed by atoms with Crippen molar-refractivity contribution >= 4 is 45.2 Å². The lowest BCUT2D eigenvalue weighted by Gasteiger charge is -2.06. The van der Waals surface area contributed by atoms with Gasteiger partial charge in [0.15, 0.2) is 0 Å². The lowest BCUT2D eigenvalue weighted by atomic mass is 10.1. The largest absolute Gasteiger partial charge is 0.462 e. The summed E-state index contributed by atoms with van der Waals surface area (Å²) in [5.74, 6) is -0.284. The van der Waals surface area contributed by atoms with Gasteiger partial charge in [-0.1, -0.05) is 57.9 Å². The van der Waals surface area contributed by atoms with Crippen molar-refractivity contribution in [3.05, 3.63) is 12.2 Å². The second kappa shape index (κ2) is 14.7. The molecule has 0 aromatic rings. The van der Waals surface area contributed by atoms with Crippen LogP contribution in [0.5, 0.6) is 0 Å². The van der Waals surface area contributed by atoms with E-state index in [9.17, 15) is 4.79 Å². The van der Waals surface area contributed by atoms with Crippen LogP contribution in [0.4, 0.5) is 0 Å².